The highest BCUT2D eigenvalue weighted by atomic mass is 16.1. The van der Waals surface area contributed by atoms with E-state index >= 15 is 0 Å². The Morgan fingerprint density at radius 3 is 2.79 bits per heavy atom. The lowest BCUT2D eigenvalue weighted by Gasteiger charge is -2.05. The molecule has 0 aliphatic heterocycles. The van der Waals surface area contributed by atoms with Crippen LogP contribution in [0.3, 0.4) is 0 Å². The first-order chi connectivity index (χ1) is 6.65. The minimum Gasteiger partial charge on any atom is -0.366 e. The number of carbonyl (C=O) groups is 1. The summed E-state index contributed by atoms with van der Waals surface area (Å²) in [5.41, 5.74) is 7.58. The van der Waals surface area contributed by atoms with E-state index in [9.17, 15) is 4.79 Å². The van der Waals surface area contributed by atoms with Crippen molar-refractivity contribution in [3.05, 3.63) is 29.1 Å². The standard InChI is InChI=1S/C11H16N2O/c1-3-4-5-10-9(11(12)14)7-6-8(2)13-10/h6-7H,3-5H2,1-2H3,(H2,12,14). The van der Waals surface area contributed by atoms with Crippen molar-refractivity contribution in [1.29, 1.82) is 0 Å². The summed E-state index contributed by atoms with van der Waals surface area (Å²) in [6, 6.07) is 3.57. The maximum Gasteiger partial charge on any atom is 0.250 e. The summed E-state index contributed by atoms with van der Waals surface area (Å²) in [5.74, 6) is -0.386. The van der Waals surface area contributed by atoms with E-state index in [-0.39, 0.29) is 5.91 Å². The normalized spacial score (nSPS) is 10.1. The van der Waals surface area contributed by atoms with Crippen LogP contribution in [0.2, 0.25) is 0 Å². The maximum absolute atomic E-state index is 11.1. The Bertz CT molecular complexity index is 334. The van der Waals surface area contributed by atoms with Crippen molar-refractivity contribution in [1.82, 2.24) is 4.98 Å². The molecule has 0 fully saturated rings. The van der Waals surface area contributed by atoms with E-state index in [2.05, 4.69) is 11.9 Å². The highest BCUT2D eigenvalue weighted by molar-refractivity contribution is 5.93. The van der Waals surface area contributed by atoms with Crippen molar-refractivity contribution in [2.24, 2.45) is 5.73 Å². The Morgan fingerprint density at radius 2 is 2.21 bits per heavy atom. The highest BCUT2D eigenvalue weighted by Gasteiger charge is 2.08. The fraction of sp³-hybridized carbons (Fsp3) is 0.455. The number of rotatable bonds is 4. The molecule has 14 heavy (non-hydrogen) atoms. The molecule has 0 bridgehead atoms. The van der Waals surface area contributed by atoms with Gasteiger partial charge in [-0.1, -0.05) is 13.3 Å². The number of aryl methyl sites for hydroxylation is 2. The molecule has 1 aromatic rings. The number of nitrogens with two attached hydrogens (primary N) is 1. The number of unbranched alkanes of at least 4 members (excludes halogenated alkanes) is 1. The van der Waals surface area contributed by atoms with Crippen LogP contribution >= 0.6 is 0 Å². The summed E-state index contributed by atoms with van der Waals surface area (Å²) >= 11 is 0. The molecule has 0 radical (unpaired) electrons. The number of aromatic nitrogens is 1. The lowest BCUT2D eigenvalue weighted by Crippen LogP contribution is -2.15. The Kier molecular flexibility index (Phi) is 3.63. The van der Waals surface area contributed by atoms with Crippen molar-refractivity contribution >= 4 is 5.91 Å². The van der Waals surface area contributed by atoms with Crippen LogP contribution in [-0.2, 0) is 6.42 Å². The van der Waals surface area contributed by atoms with E-state index in [1.807, 2.05) is 13.0 Å². The Balaban J connectivity index is 2.97. The van der Waals surface area contributed by atoms with Gasteiger partial charge in [0.15, 0.2) is 0 Å². The lowest BCUT2D eigenvalue weighted by molar-refractivity contribution is 0.0999. The van der Waals surface area contributed by atoms with Gasteiger partial charge in [0.25, 0.3) is 5.91 Å². The van der Waals surface area contributed by atoms with Crippen LogP contribution < -0.4 is 5.73 Å². The summed E-state index contributed by atoms with van der Waals surface area (Å²) in [6.07, 6.45) is 2.96. The van der Waals surface area contributed by atoms with Gasteiger partial charge in [0, 0.05) is 5.69 Å². The second kappa shape index (κ2) is 4.74. The SMILES string of the molecule is CCCCc1nc(C)ccc1C(N)=O. The predicted molar refractivity (Wildman–Crippen MR) is 56.1 cm³/mol. The van der Waals surface area contributed by atoms with Gasteiger partial charge in [-0.2, -0.15) is 0 Å². The first-order valence-electron chi connectivity index (χ1n) is 4.91. The zero-order chi connectivity index (χ0) is 10.6. The zero-order valence-electron chi connectivity index (χ0n) is 8.71. The molecule has 0 spiro atoms. The quantitative estimate of drug-likeness (QED) is 0.791. The molecule has 0 saturated heterocycles. The van der Waals surface area contributed by atoms with Gasteiger partial charge in [-0.15, -0.1) is 0 Å². The van der Waals surface area contributed by atoms with E-state index in [0.717, 1.165) is 30.7 Å². The van der Waals surface area contributed by atoms with Gasteiger partial charge in [0.05, 0.1) is 11.3 Å². The average Bonchev–Trinajstić information content (AvgIpc) is 2.14. The van der Waals surface area contributed by atoms with Crippen molar-refractivity contribution in [3.8, 4) is 0 Å². The Morgan fingerprint density at radius 1 is 1.50 bits per heavy atom. The van der Waals surface area contributed by atoms with Crippen LogP contribution in [0.25, 0.3) is 0 Å². The first kappa shape index (κ1) is 10.7. The Hall–Kier alpha value is -1.38. The Labute approximate surface area is 84.3 Å². The summed E-state index contributed by atoms with van der Waals surface area (Å²) in [5, 5.41) is 0. The van der Waals surface area contributed by atoms with Crippen molar-refractivity contribution in [3.63, 3.8) is 0 Å². The third kappa shape index (κ3) is 2.55. The number of pyridine rings is 1. The van der Waals surface area contributed by atoms with Gasteiger partial charge in [-0.05, 0) is 31.9 Å². The smallest absolute Gasteiger partial charge is 0.250 e. The maximum atomic E-state index is 11.1. The molecule has 0 aliphatic rings. The largest absolute Gasteiger partial charge is 0.366 e. The predicted octanol–water partition coefficient (Wildman–Crippen LogP) is 1.83. The van der Waals surface area contributed by atoms with Gasteiger partial charge in [-0.25, -0.2) is 0 Å². The minimum atomic E-state index is -0.386. The molecule has 0 saturated carbocycles. The topological polar surface area (TPSA) is 56.0 Å². The van der Waals surface area contributed by atoms with Gasteiger partial charge >= 0.3 is 0 Å². The summed E-state index contributed by atoms with van der Waals surface area (Å²) in [4.78, 5) is 15.4. The molecule has 1 rings (SSSR count). The molecule has 0 atom stereocenters. The highest BCUT2D eigenvalue weighted by Crippen LogP contribution is 2.10. The molecule has 3 heteroatoms. The molecule has 1 amide bonds. The van der Waals surface area contributed by atoms with Crippen molar-refractivity contribution in [2.45, 2.75) is 33.1 Å². The van der Waals surface area contributed by atoms with Crippen LogP contribution in [0, 0.1) is 6.92 Å². The number of nitrogens with zero attached hydrogens (tertiary/aromatic N) is 1. The van der Waals surface area contributed by atoms with Gasteiger partial charge < -0.3 is 5.73 Å². The molecular weight excluding hydrogens is 176 g/mol. The first-order valence-corrected chi connectivity index (χ1v) is 4.91. The number of carbonyl (C=O) groups excluding carboxylic acids is 1. The van der Waals surface area contributed by atoms with Gasteiger partial charge in [-0.3, -0.25) is 9.78 Å². The second-order valence-corrected chi connectivity index (χ2v) is 3.41. The summed E-state index contributed by atoms with van der Waals surface area (Å²) in [7, 11) is 0. The van der Waals surface area contributed by atoms with E-state index in [4.69, 9.17) is 5.73 Å². The van der Waals surface area contributed by atoms with Crippen molar-refractivity contribution < 1.29 is 4.79 Å². The van der Waals surface area contributed by atoms with E-state index in [0.29, 0.717) is 5.56 Å². The molecule has 76 valence electrons. The van der Waals surface area contributed by atoms with Gasteiger partial charge in [0.1, 0.15) is 0 Å². The van der Waals surface area contributed by atoms with Crippen LogP contribution in [-0.4, -0.2) is 10.9 Å². The third-order valence-electron chi connectivity index (χ3n) is 2.15. The van der Waals surface area contributed by atoms with Crippen LogP contribution in [0.4, 0.5) is 0 Å². The molecule has 0 unspecified atom stereocenters. The molecule has 3 nitrogen and oxygen atoms in total. The van der Waals surface area contributed by atoms with Gasteiger partial charge in [0.2, 0.25) is 0 Å². The monoisotopic (exact) mass is 192 g/mol. The fourth-order valence-corrected chi connectivity index (χ4v) is 1.37. The van der Waals surface area contributed by atoms with Crippen LogP contribution in [0.1, 0.15) is 41.5 Å². The van der Waals surface area contributed by atoms with E-state index in [1.165, 1.54) is 0 Å². The third-order valence-corrected chi connectivity index (χ3v) is 2.15. The molecule has 1 heterocycles. The molecular formula is C11H16N2O. The summed E-state index contributed by atoms with van der Waals surface area (Å²) in [6.45, 7) is 4.03. The molecule has 0 aliphatic carbocycles. The molecule has 2 N–H and O–H groups in total. The fourth-order valence-electron chi connectivity index (χ4n) is 1.37. The minimum absolute atomic E-state index is 0.386. The zero-order valence-corrected chi connectivity index (χ0v) is 8.71. The molecule has 0 aromatic carbocycles. The second-order valence-electron chi connectivity index (χ2n) is 3.41. The van der Waals surface area contributed by atoms with E-state index in [1.54, 1.807) is 6.07 Å². The number of primary amides is 1. The van der Waals surface area contributed by atoms with Crippen LogP contribution in [0.5, 0.6) is 0 Å². The molecule has 1 aromatic heterocycles. The number of amides is 1. The average molecular weight is 192 g/mol. The summed E-state index contributed by atoms with van der Waals surface area (Å²) < 4.78 is 0. The van der Waals surface area contributed by atoms with E-state index < -0.39 is 0 Å². The number of hydrogen-bond donors (Lipinski definition) is 1. The van der Waals surface area contributed by atoms with Crippen molar-refractivity contribution in [2.75, 3.05) is 0 Å². The van der Waals surface area contributed by atoms with Crippen LogP contribution in [0.15, 0.2) is 12.1 Å². The lowest BCUT2D eigenvalue weighted by atomic mass is 10.1. The number of hydrogen-bond acceptors (Lipinski definition) is 2.